The highest BCUT2D eigenvalue weighted by atomic mass is 28.4. The zero-order valence-electron chi connectivity index (χ0n) is 21.3. The van der Waals surface area contributed by atoms with E-state index >= 15 is 0 Å². The Balaban J connectivity index is 2.28. The van der Waals surface area contributed by atoms with Crippen molar-refractivity contribution in [2.45, 2.75) is 77.6 Å². The van der Waals surface area contributed by atoms with Gasteiger partial charge in [0.25, 0.3) is 0 Å². The van der Waals surface area contributed by atoms with Gasteiger partial charge in [0, 0.05) is 14.2 Å². The molecule has 0 amide bonds. The third kappa shape index (κ3) is 5.90. The van der Waals surface area contributed by atoms with Crippen molar-refractivity contribution in [1.82, 2.24) is 0 Å². The van der Waals surface area contributed by atoms with Crippen LogP contribution in [-0.4, -0.2) is 30.9 Å². The second-order valence-corrected chi connectivity index (χ2v) is 17.0. The van der Waals surface area contributed by atoms with Gasteiger partial charge in [-0.05, 0) is 51.2 Å². The Morgan fingerprint density at radius 1 is 0.594 bits per heavy atom. The van der Waals surface area contributed by atoms with Gasteiger partial charge in [0.1, 0.15) is 0 Å². The van der Waals surface area contributed by atoms with E-state index in [1.807, 2.05) is 14.2 Å². The fourth-order valence-electron chi connectivity index (χ4n) is 5.20. The molecule has 2 aromatic rings. The molecule has 2 nitrogen and oxygen atoms in total. The first-order valence-corrected chi connectivity index (χ1v) is 17.1. The fourth-order valence-corrected chi connectivity index (χ4v) is 12.9. The van der Waals surface area contributed by atoms with E-state index in [9.17, 15) is 0 Å². The van der Waals surface area contributed by atoms with Crippen LogP contribution in [0.15, 0.2) is 55.1 Å². The standard InChI is InChI=1S/C28H44O2Si2/c1-8-20-31(29-6,21-9-2)27-16-12-25(13-17-27)24(5)26-14-18-28(19-15-26)32(30-7,22-10-3)23-11-4/h12-19H,5,8-11,20-23H2,1-4,6-7H3. The highest BCUT2D eigenvalue weighted by molar-refractivity contribution is 6.87. The first-order chi connectivity index (χ1) is 15.5. The third-order valence-corrected chi connectivity index (χ3v) is 16.5. The molecule has 32 heavy (non-hydrogen) atoms. The summed E-state index contributed by atoms with van der Waals surface area (Å²) in [5, 5.41) is 2.82. The van der Waals surface area contributed by atoms with Crippen molar-refractivity contribution in [2.75, 3.05) is 14.2 Å². The summed E-state index contributed by atoms with van der Waals surface area (Å²) < 4.78 is 12.4. The predicted molar refractivity (Wildman–Crippen MR) is 146 cm³/mol. The van der Waals surface area contributed by atoms with Crippen molar-refractivity contribution in [2.24, 2.45) is 0 Å². The summed E-state index contributed by atoms with van der Waals surface area (Å²) in [6, 6.07) is 22.8. The van der Waals surface area contributed by atoms with Crippen LogP contribution in [0.5, 0.6) is 0 Å². The SMILES string of the molecule is C=C(c1ccc([Si](CCC)(CCC)OC)cc1)c1ccc([Si](CCC)(CCC)OC)cc1. The van der Waals surface area contributed by atoms with E-state index in [1.54, 1.807) is 0 Å². The van der Waals surface area contributed by atoms with Crippen molar-refractivity contribution in [3.63, 3.8) is 0 Å². The number of benzene rings is 2. The van der Waals surface area contributed by atoms with Gasteiger partial charge < -0.3 is 8.85 Å². The van der Waals surface area contributed by atoms with E-state index in [1.165, 1.54) is 71.4 Å². The maximum Gasteiger partial charge on any atom is 0.223 e. The van der Waals surface area contributed by atoms with Crippen molar-refractivity contribution < 1.29 is 8.85 Å². The van der Waals surface area contributed by atoms with Gasteiger partial charge in [-0.3, -0.25) is 0 Å². The van der Waals surface area contributed by atoms with Crippen LogP contribution in [-0.2, 0) is 8.85 Å². The van der Waals surface area contributed by atoms with E-state index in [-0.39, 0.29) is 0 Å². The van der Waals surface area contributed by atoms with Crippen molar-refractivity contribution in [1.29, 1.82) is 0 Å². The van der Waals surface area contributed by atoms with E-state index in [4.69, 9.17) is 8.85 Å². The summed E-state index contributed by atoms with van der Waals surface area (Å²) in [5.74, 6) is 0. The Bertz CT molecular complexity index is 746. The molecule has 0 bridgehead atoms. The van der Waals surface area contributed by atoms with Gasteiger partial charge in [0.2, 0.25) is 16.6 Å². The molecular formula is C28H44O2Si2. The number of hydrogen-bond donors (Lipinski definition) is 0. The molecule has 0 spiro atoms. The zero-order chi connectivity index (χ0) is 23.6. The Morgan fingerprint density at radius 2 is 0.875 bits per heavy atom. The Hall–Kier alpha value is -1.47. The lowest BCUT2D eigenvalue weighted by atomic mass is 10.00. The molecule has 4 heteroatoms. The normalized spacial score (nSPS) is 12.2. The lowest BCUT2D eigenvalue weighted by Gasteiger charge is -2.30. The molecule has 0 fully saturated rings. The van der Waals surface area contributed by atoms with Crippen molar-refractivity contribution in [3.8, 4) is 0 Å². The Morgan fingerprint density at radius 3 is 1.09 bits per heavy atom. The summed E-state index contributed by atoms with van der Waals surface area (Å²) >= 11 is 0. The third-order valence-electron chi connectivity index (χ3n) is 6.92. The van der Waals surface area contributed by atoms with Gasteiger partial charge >= 0.3 is 0 Å². The first kappa shape index (κ1) is 26.8. The maximum atomic E-state index is 6.19. The van der Waals surface area contributed by atoms with Crippen LogP contribution in [0, 0.1) is 0 Å². The summed E-state index contributed by atoms with van der Waals surface area (Å²) in [5.41, 5.74) is 3.45. The average molecular weight is 469 g/mol. The maximum absolute atomic E-state index is 6.19. The zero-order valence-corrected chi connectivity index (χ0v) is 23.3. The van der Waals surface area contributed by atoms with Crippen LogP contribution in [0.3, 0.4) is 0 Å². The second kappa shape index (κ2) is 12.7. The molecule has 176 valence electrons. The van der Waals surface area contributed by atoms with Crippen molar-refractivity contribution in [3.05, 3.63) is 66.2 Å². The van der Waals surface area contributed by atoms with Crippen LogP contribution >= 0.6 is 0 Å². The molecule has 0 aromatic heterocycles. The minimum Gasteiger partial charge on any atom is -0.415 e. The lowest BCUT2D eigenvalue weighted by Crippen LogP contribution is -2.49. The monoisotopic (exact) mass is 468 g/mol. The highest BCUT2D eigenvalue weighted by Crippen LogP contribution is 2.26. The van der Waals surface area contributed by atoms with E-state index < -0.39 is 16.6 Å². The van der Waals surface area contributed by atoms with Crippen LogP contribution in [0.1, 0.15) is 64.5 Å². The molecule has 0 unspecified atom stereocenters. The van der Waals surface area contributed by atoms with Gasteiger partial charge in [-0.2, -0.15) is 0 Å². The highest BCUT2D eigenvalue weighted by Gasteiger charge is 2.35. The molecule has 0 aliphatic carbocycles. The lowest BCUT2D eigenvalue weighted by molar-refractivity contribution is 0.400. The summed E-state index contributed by atoms with van der Waals surface area (Å²) in [6.45, 7) is 13.5. The summed E-state index contributed by atoms with van der Waals surface area (Å²) in [4.78, 5) is 0. The summed E-state index contributed by atoms with van der Waals surface area (Å²) in [6.07, 6.45) is 4.68. The molecule has 0 saturated heterocycles. The van der Waals surface area contributed by atoms with Crippen LogP contribution in [0.2, 0.25) is 24.2 Å². The molecule has 0 heterocycles. The molecule has 2 aromatic carbocycles. The van der Waals surface area contributed by atoms with Gasteiger partial charge in [-0.1, -0.05) is 108 Å². The van der Waals surface area contributed by atoms with Gasteiger partial charge in [0.05, 0.1) is 0 Å². The van der Waals surface area contributed by atoms with Crippen LogP contribution in [0.4, 0.5) is 0 Å². The molecule has 0 N–H and O–H groups in total. The Kier molecular flexibility index (Phi) is 10.6. The van der Waals surface area contributed by atoms with Gasteiger partial charge in [-0.15, -0.1) is 0 Å². The summed E-state index contributed by atoms with van der Waals surface area (Å²) in [7, 11) is 0.0779. The second-order valence-electron chi connectivity index (χ2n) is 9.03. The minimum absolute atomic E-state index is 1.08. The van der Waals surface area contributed by atoms with E-state index in [0.717, 1.165) is 5.57 Å². The minimum atomic E-state index is -1.87. The van der Waals surface area contributed by atoms with Crippen molar-refractivity contribution >= 4 is 32.6 Å². The first-order valence-electron chi connectivity index (χ1n) is 12.5. The average Bonchev–Trinajstić information content (AvgIpc) is 2.83. The Labute approximate surface area is 199 Å². The van der Waals surface area contributed by atoms with Gasteiger partial charge in [0.15, 0.2) is 0 Å². The van der Waals surface area contributed by atoms with Gasteiger partial charge in [-0.25, -0.2) is 0 Å². The molecule has 0 aliphatic heterocycles. The molecule has 0 radical (unpaired) electrons. The van der Waals surface area contributed by atoms with E-state index in [0.29, 0.717) is 0 Å². The predicted octanol–water partition coefficient (Wildman–Crippen LogP) is 6.99. The molecular weight excluding hydrogens is 424 g/mol. The molecule has 2 rings (SSSR count). The number of rotatable bonds is 14. The molecule has 0 saturated carbocycles. The molecule has 0 atom stereocenters. The quantitative estimate of drug-likeness (QED) is 0.278. The largest absolute Gasteiger partial charge is 0.415 e. The van der Waals surface area contributed by atoms with Crippen LogP contribution in [0.25, 0.3) is 5.57 Å². The smallest absolute Gasteiger partial charge is 0.223 e. The molecule has 0 aliphatic rings. The number of hydrogen-bond acceptors (Lipinski definition) is 2. The fraction of sp³-hybridized carbons (Fsp3) is 0.500. The van der Waals surface area contributed by atoms with Crippen LogP contribution < -0.4 is 10.4 Å². The topological polar surface area (TPSA) is 18.5 Å². The van der Waals surface area contributed by atoms with E-state index in [2.05, 4.69) is 82.8 Å².